The van der Waals surface area contributed by atoms with E-state index in [9.17, 15) is 28.2 Å². The SMILES string of the molecule is C/C(N)=C/c1cc(C(=O)NCC(O)(c2cc(C(C)(C)O)c(F)c(-c3ccc(F)cc3)n2)C2CC2)cc(OC(F)F)c1N. The minimum absolute atomic E-state index is 0.00967. The lowest BCUT2D eigenvalue weighted by atomic mass is 9.87. The Hall–Kier alpha value is -4.16. The molecule has 8 nitrogen and oxygen atoms in total. The molecule has 0 bridgehead atoms. The number of aromatic nitrogens is 1. The van der Waals surface area contributed by atoms with Crippen LogP contribution in [0.15, 0.2) is 48.2 Å². The van der Waals surface area contributed by atoms with Gasteiger partial charge in [-0.3, -0.25) is 4.79 Å². The molecule has 1 amide bonds. The summed E-state index contributed by atoms with van der Waals surface area (Å²) in [6.45, 7) is 0.701. The molecule has 7 N–H and O–H groups in total. The van der Waals surface area contributed by atoms with Crippen LogP contribution in [0, 0.1) is 17.6 Å². The molecule has 1 aliphatic rings. The van der Waals surface area contributed by atoms with Gasteiger partial charge in [-0.25, -0.2) is 13.8 Å². The van der Waals surface area contributed by atoms with Crippen LogP contribution in [0.3, 0.4) is 0 Å². The van der Waals surface area contributed by atoms with E-state index in [-0.39, 0.29) is 51.8 Å². The number of nitrogens with zero attached hydrogens (tertiary/aromatic N) is 1. The quantitative estimate of drug-likeness (QED) is 0.169. The molecule has 1 aliphatic carbocycles. The number of ether oxygens (including phenoxy) is 1. The molecule has 0 spiro atoms. The van der Waals surface area contributed by atoms with Crippen molar-refractivity contribution in [3.8, 4) is 17.0 Å². The van der Waals surface area contributed by atoms with E-state index in [1.165, 1.54) is 44.2 Å². The van der Waals surface area contributed by atoms with Gasteiger partial charge in [-0.15, -0.1) is 0 Å². The maximum absolute atomic E-state index is 15.6. The zero-order valence-corrected chi connectivity index (χ0v) is 23.2. The van der Waals surface area contributed by atoms with Gasteiger partial charge in [0.15, 0.2) is 5.82 Å². The van der Waals surface area contributed by atoms with Crippen molar-refractivity contribution >= 4 is 17.7 Å². The number of hydrogen-bond donors (Lipinski definition) is 5. The normalized spacial score (nSPS) is 15.4. The van der Waals surface area contributed by atoms with Gasteiger partial charge in [0.1, 0.15) is 22.9 Å². The molecule has 1 saturated carbocycles. The fourth-order valence-electron chi connectivity index (χ4n) is 4.65. The number of hydrogen-bond acceptors (Lipinski definition) is 7. The van der Waals surface area contributed by atoms with Crippen LogP contribution in [0.25, 0.3) is 17.3 Å². The molecule has 1 aromatic heterocycles. The summed E-state index contributed by atoms with van der Waals surface area (Å²) in [5.74, 6) is -2.93. The molecule has 12 heteroatoms. The Morgan fingerprint density at radius 1 is 1.17 bits per heavy atom. The van der Waals surface area contributed by atoms with Crippen molar-refractivity contribution in [3.05, 3.63) is 82.2 Å². The Kier molecular flexibility index (Phi) is 8.51. The highest BCUT2D eigenvalue weighted by atomic mass is 19.3. The average Bonchev–Trinajstić information content (AvgIpc) is 3.75. The summed E-state index contributed by atoms with van der Waals surface area (Å²) in [7, 11) is 0. The van der Waals surface area contributed by atoms with E-state index in [1.54, 1.807) is 6.92 Å². The van der Waals surface area contributed by atoms with Crippen LogP contribution in [0.4, 0.5) is 23.2 Å². The smallest absolute Gasteiger partial charge is 0.387 e. The minimum Gasteiger partial charge on any atom is -0.433 e. The van der Waals surface area contributed by atoms with E-state index < -0.39 is 41.1 Å². The number of halogens is 4. The summed E-state index contributed by atoms with van der Waals surface area (Å²) in [5.41, 5.74) is 8.25. The number of aliphatic hydroxyl groups is 2. The van der Waals surface area contributed by atoms with Crippen molar-refractivity contribution in [1.29, 1.82) is 0 Å². The fraction of sp³-hybridized carbons (Fsp3) is 0.333. The number of carbonyl (C=O) groups is 1. The molecule has 224 valence electrons. The van der Waals surface area contributed by atoms with Gasteiger partial charge in [-0.05, 0) is 88.1 Å². The van der Waals surface area contributed by atoms with Gasteiger partial charge >= 0.3 is 6.61 Å². The molecule has 3 aromatic rings. The maximum atomic E-state index is 15.6. The number of anilines is 1. The molecule has 1 atom stereocenters. The molecule has 0 aliphatic heterocycles. The molecule has 0 radical (unpaired) electrons. The summed E-state index contributed by atoms with van der Waals surface area (Å²) in [5, 5.41) is 25.2. The molecule has 2 aromatic carbocycles. The second kappa shape index (κ2) is 11.6. The zero-order valence-electron chi connectivity index (χ0n) is 23.2. The van der Waals surface area contributed by atoms with Gasteiger partial charge < -0.3 is 31.7 Å². The third-order valence-corrected chi connectivity index (χ3v) is 6.98. The number of carbonyl (C=O) groups excluding carboxylic acids is 1. The Labute approximate surface area is 240 Å². The number of allylic oxidation sites excluding steroid dienone is 1. The largest absolute Gasteiger partial charge is 0.433 e. The highest BCUT2D eigenvalue weighted by Gasteiger charge is 2.47. The average molecular weight is 589 g/mol. The van der Waals surface area contributed by atoms with Crippen molar-refractivity contribution in [2.75, 3.05) is 12.3 Å². The number of nitrogens with one attached hydrogen (secondary N) is 1. The number of nitrogen functional groups attached to an aromatic ring is 1. The van der Waals surface area contributed by atoms with E-state index in [0.29, 0.717) is 18.5 Å². The molecule has 1 fully saturated rings. The summed E-state index contributed by atoms with van der Waals surface area (Å²) in [6, 6.07) is 8.55. The third-order valence-electron chi connectivity index (χ3n) is 6.98. The minimum atomic E-state index is -3.20. The summed E-state index contributed by atoms with van der Waals surface area (Å²) >= 11 is 0. The Balaban J connectivity index is 1.73. The van der Waals surface area contributed by atoms with Crippen molar-refractivity contribution in [3.63, 3.8) is 0 Å². The first-order chi connectivity index (χ1) is 19.6. The molecular formula is C30H32F4N4O4. The maximum Gasteiger partial charge on any atom is 0.387 e. The van der Waals surface area contributed by atoms with Gasteiger partial charge in [-0.2, -0.15) is 8.78 Å². The number of pyridine rings is 1. The van der Waals surface area contributed by atoms with E-state index >= 15 is 4.39 Å². The highest BCUT2D eigenvalue weighted by Crippen LogP contribution is 2.46. The Bertz CT molecular complexity index is 1520. The first kappa shape index (κ1) is 30.8. The lowest BCUT2D eigenvalue weighted by Crippen LogP contribution is -2.43. The second-order valence-electron chi connectivity index (χ2n) is 10.9. The molecule has 4 rings (SSSR count). The third kappa shape index (κ3) is 6.66. The van der Waals surface area contributed by atoms with Gasteiger partial charge in [-0.1, -0.05) is 0 Å². The number of benzene rings is 2. The van der Waals surface area contributed by atoms with Crippen LogP contribution in [0.5, 0.6) is 5.75 Å². The van der Waals surface area contributed by atoms with Crippen LogP contribution >= 0.6 is 0 Å². The fourth-order valence-corrected chi connectivity index (χ4v) is 4.65. The number of alkyl halides is 2. The first-order valence-electron chi connectivity index (χ1n) is 13.1. The molecule has 1 unspecified atom stereocenters. The zero-order chi connectivity index (χ0) is 31.0. The summed E-state index contributed by atoms with van der Waals surface area (Å²) in [4.78, 5) is 17.6. The van der Waals surface area contributed by atoms with E-state index in [4.69, 9.17) is 11.5 Å². The van der Waals surface area contributed by atoms with Crippen LogP contribution in [0.1, 0.15) is 60.8 Å². The predicted molar refractivity (Wildman–Crippen MR) is 149 cm³/mol. The number of rotatable bonds is 10. The number of nitrogens with two attached hydrogens (primary N) is 2. The molecule has 42 heavy (non-hydrogen) atoms. The Morgan fingerprint density at radius 2 is 1.81 bits per heavy atom. The van der Waals surface area contributed by atoms with E-state index in [2.05, 4.69) is 15.0 Å². The lowest BCUT2D eigenvalue weighted by molar-refractivity contribution is -0.0493. The Morgan fingerprint density at radius 3 is 2.36 bits per heavy atom. The second-order valence-corrected chi connectivity index (χ2v) is 10.9. The predicted octanol–water partition coefficient (Wildman–Crippen LogP) is 4.78. The van der Waals surface area contributed by atoms with Gasteiger partial charge in [0.2, 0.25) is 0 Å². The van der Waals surface area contributed by atoms with Crippen LogP contribution in [-0.4, -0.2) is 34.3 Å². The summed E-state index contributed by atoms with van der Waals surface area (Å²) in [6.07, 6.45) is 2.55. The van der Waals surface area contributed by atoms with Crippen molar-refractivity contribution in [2.45, 2.75) is 51.4 Å². The van der Waals surface area contributed by atoms with Crippen molar-refractivity contribution < 1.29 is 37.3 Å². The van der Waals surface area contributed by atoms with Crippen molar-refractivity contribution in [1.82, 2.24) is 10.3 Å². The van der Waals surface area contributed by atoms with Crippen LogP contribution in [0.2, 0.25) is 0 Å². The lowest BCUT2D eigenvalue weighted by Gasteiger charge is -2.31. The standard InChI is InChI=1S/C30H32F4N4O4/c1-15(35)10-17-11-18(12-22(25(17)36)42-28(33)34)27(39)37-14-30(41,19-6-7-19)23-13-21(29(2,3)40)24(32)26(38-23)16-4-8-20(31)9-5-16/h4-5,8-13,19,28,40-41H,6-7,14,35-36H2,1-3H3,(H,37,39)/b15-10-. The van der Waals surface area contributed by atoms with Gasteiger partial charge in [0.25, 0.3) is 5.91 Å². The molecule has 0 saturated heterocycles. The topological polar surface area (TPSA) is 144 Å². The summed E-state index contributed by atoms with van der Waals surface area (Å²) < 4.78 is 59.7. The van der Waals surface area contributed by atoms with Crippen molar-refractivity contribution in [2.24, 2.45) is 11.7 Å². The van der Waals surface area contributed by atoms with Crippen LogP contribution < -0.4 is 21.5 Å². The first-order valence-corrected chi connectivity index (χ1v) is 13.1. The van der Waals surface area contributed by atoms with E-state index in [0.717, 1.165) is 18.2 Å². The van der Waals surface area contributed by atoms with Crippen LogP contribution in [-0.2, 0) is 11.2 Å². The van der Waals surface area contributed by atoms with Gasteiger partial charge in [0.05, 0.1) is 23.5 Å². The molecular weight excluding hydrogens is 556 g/mol. The number of amides is 1. The molecule has 1 heterocycles. The highest BCUT2D eigenvalue weighted by molar-refractivity contribution is 5.96. The van der Waals surface area contributed by atoms with Gasteiger partial charge in [0, 0.05) is 28.0 Å². The monoisotopic (exact) mass is 588 g/mol. The van der Waals surface area contributed by atoms with E-state index in [1.807, 2.05) is 0 Å².